The standard InChI is InChI=1S/C27H38N2O4/c1-7-25(27(31)28-16-19(2)3)29(17-21-9-8-10-24(15-21)32-6)26(30)18-33-23-13-11-22(12-14-23)20(4)5/h8-15,19-20,25H,7,16-18H2,1-6H3,(H,28,31)/t25-/m0/s1. The normalized spacial score (nSPS) is 11.9. The van der Waals surface area contributed by atoms with Crippen LogP contribution in [0.15, 0.2) is 48.5 Å². The predicted octanol–water partition coefficient (Wildman–Crippen LogP) is 4.78. The van der Waals surface area contributed by atoms with Crippen molar-refractivity contribution in [2.75, 3.05) is 20.3 Å². The SMILES string of the molecule is CC[C@@H](C(=O)NCC(C)C)N(Cc1cccc(OC)c1)C(=O)COc1ccc(C(C)C)cc1. The lowest BCUT2D eigenvalue weighted by atomic mass is 10.0. The smallest absolute Gasteiger partial charge is 0.261 e. The number of ether oxygens (including phenoxy) is 2. The molecule has 180 valence electrons. The first kappa shape index (κ1) is 26.2. The minimum absolute atomic E-state index is 0.140. The summed E-state index contributed by atoms with van der Waals surface area (Å²) in [5.74, 6) is 1.70. The second-order valence-corrected chi connectivity index (χ2v) is 8.95. The van der Waals surface area contributed by atoms with Crippen LogP contribution in [0.2, 0.25) is 0 Å². The van der Waals surface area contributed by atoms with Gasteiger partial charge < -0.3 is 19.7 Å². The van der Waals surface area contributed by atoms with Crippen LogP contribution in [0, 0.1) is 5.92 Å². The van der Waals surface area contributed by atoms with Crippen LogP contribution in [-0.2, 0) is 16.1 Å². The van der Waals surface area contributed by atoms with Crippen molar-refractivity contribution in [2.45, 2.75) is 59.5 Å². The fourth-order valence-electron chi connectivity index (χ4n) is 3.49. The number of hydrogen-bond donors (Lipinski definition) is 1. The van der Waals surface area contributed by atoms with Gasteiger partial charge in [0.1, 0.15) is 17.5 Å². The van der Waals surface area contributed by atoms with E-state index < -0.39 is 6.04 Å². The Morgan fingerprint density at radius 2 is 1.70 bits per heavy atom. The second-order valence-electron chi connectivity index (χ2n) is 8.95. The van der Waals surface area contributed by atoms with E-state index in [9.17, 15) is 9.59 Å². The molecule has 0 saturated heterocycles. The topological polar surface area (TPSA) is 67.9 Å². The highest BCUT2D eigenvalue weighted by molar-refractivity contribution is 5.88. The van der Waals surface area contributed by atoms with E-state index in [1.54, 1.807) is 12.0 Å². The highest BCUT2D eigenvalue weighted by Gasteiger charge is 2.29. The highest BCUT2D eigenvalue weighted by atomic mass is 16.5. The fraction of sp³-hybridized carbons (Fsp3) is 0.481. The van der Waals surface area contributed by atoms with Crippen LogP contribution in [0.1, 0.15) is 58.1 Å². The molecule has 0 heterocycles. The van der Waals surface area contributed by atoms with E-state index in [0.29, 0.717) is 42.8 Å². The Hall–Kier alpha value is -3.02. The predicted molar refractivity (Wildman–Crippen MR) is 131 cm³/mol. The molecule has 0 unspecified atom stereocenters. The first-order chi connectivity index (χ1) is 15.7. The molecule has 0 radical (unpaired) electrons. The van der Waals surface area contributed by atoms with E-state index in [-0.39, 0.29) is 18.4 Å². The van der Waals surface area contributed by atoms with E-state index in [1.165, 1.54) is 5.56 Å². The van der Waals surface area contributed by atoms with Gasteiger partial charge >= 0.3 is 0 Å². The maximum atomic E-state index is 13.3. The molecule has 0 spiro atoms. The zero-order chi connectivity index (χ0) is 24.4. The van der Waals surface area contributed by atoms with Crippen LogP contribution in [0.25, 0.3) is 0 Å². The monoisotopic (exact) mass is 454 g/mol. The average molecular weight is 455 g/mol. The van der Waals surface area contributed by atoms with Crippen molar-refractivity contribution in [3.63, 3.8) is 0 Å². The van der Waals surface area contributed by atoms with Crippen LogP contribution in [0.3, 0.4) is 0 Å². The first-order valence-electron chi connectivity index (χ1n) is 11.7. The van der Waals surface area contributed by atoms with Gasteiger partial charge in [0.05, 0.1) is 7.11 Å². The zero-order valence-corrected chi connectivity index (χ0v) is 20.8. The number of amides is 2. The number of carbonyl (C=O) groups excluding carboxylic acids is 2. The van der Waals surface area contributed by atoms with Crippen LogP contribution < -0.4 is 14.8 Å². The first-order valence-corrected chi connectivity index (χ1v) is 11.7. The minimum atomic E-state index is -0.589. The Labute approximate surface area is 198 Å². The lowest BCUT2D eigenvalue weighted by Crippen LogP contribution is -2.50. The molecule has 2 rings (SSSR count). The van der Waals surface area contributed by atoms with Crippen molar-refractivity contribution in [1.29, 1.82) is 0 Å². The number of rotatable bonds is 12. The van der Waals surface area contributed by atoms with Crippen molar-refractivity contribution in [2.24, 2.45) is 5.92 Å². The van der Waals surface area contributed by atoms with E-state index in [2.05, 4.69) is 19.2 Å². The maximum Gasteiger partial charge on any atom is 0.261 e. The van der Waals surface area contributed by atoms with Gasteiger partial charge in [0.2, 0.25) is 5.91 Å². The lowest BCUT2D eigenvalue weighted by molar-refractivity contribution is -0.143. The third kappa shape index (κ3) is 8.12. The van der Waals surface area contributed by atoms with Gasteiger partial charge in [-0.15, -0.1) is 0 Å². The van der Waals surface area contributed by atoms with Gasteiger partial charge in [-0.05, 0) is 53.6 Å². The summed E-state index contributed by atoms with van der Waals surface area (Å²) in [4.78, 5) is 27.8. The average Bonchev–Trinajstić information content (AvgIpc) is 2.81. The molecule has 1 atom stereocenters. The van der Waals surface area contributed by atoms with E-state index >= 15 is 0 Å². The van der Waals surface area contributed by atoms with Gasteiger partial charge in [-0.2, -0.15) is 0 Å². The molecule has 6 heteroatoms. The number of methoxy groups -OCH3 is 1. The van der Waals surface area contributed by atoms with Crippen LogP contribution in [0.4, 0.5) is 0 Å². The van der Waals surface area contributed by atoms with E-state index in [1.807, 2.05) is 69.3 Å². The van der Waals surface area contributed by atoms with Crippen LogP contribution >= 0.6 is 0 Å². The van der Waals surface area contributed by atoms with Gasteiger partial charge in [-0.1, -0.05) is 58.9 Å². The van der Waals surface area contributed by atoms with Gasteiger partial charge in [-0.25, -0.2) is 0 Å². The Bertz CT molecular complexity index is 893. The molecule has 0 bridgehead atoms. The zero-order valence-electron chi connectivity index (χ0n) is 20.8. The van der Waals surface area contributed by atoms with E-state index in [4.69, 9.17) is 9.47 Å². The highest BCUT2D eigenvalue weighted by Crippen LogP contribution is 2.20. The maximum absolute atomic E-state index is 13.3. The summed E-state index contributed by atoms with van der Waals surface area (Å²) in [7, 11) is 1.61. The number of nitrogens with one attached hydrogen (secondary N) is 1. The van der Waals surface area contributed by atoms with Gasteiger partial charge in [0.15, 0.2) is 6.61 Å². The third-order valence-electron chi connectivity index (χ3n) is 5.47. The molecule has 2 amide bonds. The third-order valence-corrected chi connectivity index (χ3v) is 5.47. The molecule has 6 nitrogen and oxygen atoms in total. The molecule has 2 aromatic carbocycles. The molecular formula is C27H38N2O4. The Morgan fingerprint density at radius 3 is 2.27 bits per heavy atom. The second kappa shape index (κ2) is 12.9. The molecule has 0 aliphatic carbocycles. The molecule has 0 aliphatic rings. The van der Waals surface area contributed by atoms with Gasteiger partial charge in [-0.3, -0.25) is 9.59 Å². The molecule has 0 aliphatic heterocycles. The Kier molecular flexibility index (Phi) is 10.2. The van der Waals surface area contributed by atoms with Gasteiger partial charge in [0, 0.05) is 13.1 Å². The minimum Gasteiger partial charge on any atom is -0.497 e. The van der Waals surface area contributed by atoms with Crippen molar-refractivity contribution in [3.8, 4) is 11.5 Å². The Balaban J connectivity index is 2.19. The largest absolute Gasteiger partial charge is 0.497 e. The molecule has 1 N–H and O–H groups in total. The van der Waals surface area contributed by atoms with Crippen molar-refractivity contribution in [1.82, 2.24) is 10.2 Å². The lowest BCUT2D eigenvalue weighted by Gasteiger charge is -2.31. The summed E-state index contributed by atoms with van der Waals surface area (Å²) in [6, 6.07) is 14.7. The summed E-state index contributed by atoms with van der Waals surface area (Å²) >= 11 is 0. The van der Waals surface area contributed by atoms with Crippen LogP contribution in [-0.4, -0.2) is 43.0 Å². The summed E-state index contributed by atoms with van der Waals surface area (Å²) < 4.78 is 11.1. The summed E-state index contributed by atoms with van der Waals surface area (Å²) in [5, 5.41) is 2.97. The number of nitrogens with zero attached hydrogens (tertiary/aromatic N) is 1. The quantitative estimate of drug-likeness (QED) is 0.501. The summed E-state index contributed by atoms with van der Waals surface area (Å²) in [5.41, 5.74) is 2.10. The fourth-order valence-corrected chi connectivity index (χ4v) is 3.49. The summed E-state index contributed by atoms with van der Waals surface area (Å²) in [6.45, 7) is 11.0. The molecule has 0 fully saturated rings. The Morgan fingerprint density at radius 1 is 1.00 bits per heavy atom. The number of carbonyl (C=O) groups is 2. The van der Waals surface area contributed by atoms with Crippen LogP contribution in [0.5, 0.6) is 11.5 Å². The molecular weight excluding hydrogens is 416 g/mol. The number of hydrogen-bond acceptors (Lipinski definition) is 4. The van der Waals surface area contributed by atoms with Gasteiger partial charge in [0.25, 0.3) is 5.91 Å². The molecule has 33 heavy (non-hydrogen) atoms. The van der Waals surface area contributed by atoms with E-state index in [0.717, 1.165) is 5.56 Å². The molecule has 0 saturated carbocycles. The molecule has 0 aromatic heterocycles. The van der Waals surface area contributed by atoms with Crippen molar-refractivity contribution >= 4 is 11.8 Å². The number of benzene rings is 2. The molecule has 2 aromatic rings. The van der Waals surface area contributed by atoms with Crippen molar-refractivity contribution in [3.05, 3.63) is 59.7 Å². The summed E-state index contributed by atoms with van der Waals surface area (Å²) in [6.07, 6.45) is 0.503. The van der Waals surface area contributed by atoms with Crippen molar-refractivity contribution < 1.29 is 19.1 Å².